The van der Waals surface area contributed by atoms with Crippen molar-refractivity contribution in [3.8, 4) is 0 Å². The lowest BCUT2D eigenvalue weighted by Gasteiger charge is -2.17. The van der Waals surface area contributed by atoms with Crippen molar-refractivity contribution in [1.82, 2.24) is 15.5 Å². The number of urea groups is 1. The van der Waals surface area contributed by atoms with E-state index in [-0.39, 0.29) is 24.0 Å². The van der Waals surface area contributed by atoms with E-state index in [2.05, 4.69) is 10.6 Å². The van der Waals surface area contributed by atoms with E-state index in [1.165, 1.54) is 4.90 Å². The molecule has 5 nitrogen and oxygen atoms in total. The van der Waals surface area contributed by atoms with E-state index in [4.69, 9.17) is 0 Å². The summed E-state index contributed by atoms with van der Waals surface area (Å²) in [4.78, 5) is 24.9. The van der Waals surface area contributed by atoms with Crippen LogP contribution in [0.1, 0.15) is 32.6 Å². The zero-order chi connectivity index (χ0) is 11.5. The standard InChI is InChI=1S/C11H19N3O2/c1-2-4-9-10(15)14(11(16)13-9)7-8-5-3-6-12-8/h8-9,12H,2-7H2,1H3,(H,13,16)/t8-,9?/m0/s1. The molecule has 0 spiro atoms. The summed E-state index contributed by atoms with van der Waals surface area (Å²) in [6, 6.07) is -0.230. The molecule has 1 unspecified atom stereocenters. The Balaban J connectivity index is 1.93. The summed E-state index contributed by atoms with van der Waals surface area (Å²) in [5.41, 5.74) is 0. The maximum absolute atomic E-state index is 11.9. The van der Waals surface area contributed by atoms with Crippen LogP contribution in [-0.2, 0) is 4.79 Å². The summed E-state index contributed by atoms with van der Waals surface area (Å²) in [6.45, 7) is 3.53. The molecule has 16 heavy (non-hydrogen) atoms. The van der Waals surface area contributed by atoms with Gasteiger partial charge in [0.15, 0.2) is 0 Å². The fourth-order valence-corrected chi connectivity index (χ4v) is 2.37. The van der Waals surface area contributed by atoms with Crippen LogP contribution >= 0.6 is 0 Å². The van der Waals surface area contributed by atoms with E-state index in [9.17, 15) is 9.59 Å². The normalized spacial score (nSPS) is 29.9. The summed E-state index contributed by atoms with van der Waals surface area (Å²) < 4.78 is 0. The maximum atomic E-state index is 11.9. The van der Waals surface area contributed by atoms with E-state index in [1.807, 2.05) is 6.92 Å². The highest BCUT2D eigenvalue weighted by atomic mass is 16.2. The van der Waals surface area contributed by atoms with Crippen LogP contribution in [0.2, 0.25) is 0 Å². The summed E-state index contributed by atoms with van der Waals surface area (Å²) in [5, 5.41) is 6.04. The number of carbonyl (C=O) groups excluding carboxylic acids is 2. The minimum atomic E-state index is -0.293. The minimum absolute atomic E-state index is 0.0550. The van der Waals surface area contributed by atoms with Gasteiger partial charge >= 0.3 is 6.03 Å². The molecule has 90 valence electrons. The predicted octanol–water partition coefficient (Wildman–Crippen LogP) is 0.459. The van der Waals surface area contributed by atoms with Crippen molar-refractivity contribution in [2.24, 2.45) is 0 Å². The Hall–Kier alpha value is -1.10. The number of carbonyl (C=O) groups is 2. The first-order chi connectivity index (χ1) is 7.72. The number of nitrogens with zero attached hydrogens (tertiary/aromatic N) is 1. The Labute approximate surface area is 95.6 Å². The number of rotatable bonds is 4. The van der Waals surface area contributed by atoms with Crippen molar-refractivity contribution in [2.75, 3.05) is 13.1 Å². The van der Waals surface area contributed by atoms with Gasteiger partial charge in [-0.3, -0.25) is 9.69 Å². The van der Waals surface area contributed by atoms with Gasteiger partial charge in [0.1, 0.15) is 6.04 Å². The Kier molecular flexibility index (Phi) is 3.43. The Bertz CT molecular complexity index is 287. The topological polar surface area (TPSA) is 61.4 Å². The summed E-state index contributed by atoms with van der Waals surface area (Å²) in [7, 11) is 0. The zero-order valence-electron chi connectivity index (χ0n) is 9.66. The molecule has 0 aromatic rings. The molecule has 0 aromatic carbocycles. The van der Waals surface area contributed by atoms with E-state index in [0.29, 0.717) is 6.54 Å². The molecule has 2 aliphatic rings. The molecule has 5 heteroatoms. The van der Waals surface area contributed by atoms with Gasteiger partial charge in [0, 0.05) is 12.6 Å². The fraction of sp³-hybridized carbons (Fsp3) is 0.818. The number of hydrogen-bond donors (Lipinski definition) is 2. The molecule has 0 saturated carbocycles. The highest BCUT2D eigenvalue weighted by molar-refractivity contribution is 6.04. The molecule has 3 amide bonds. The average molecular weight is 225 g/mol. The first-order valence-corrected chi connectivity index (χ1v) is 6.07. The van der Waals surface area contributed by atoms with Gasteiger partial charge in [-0.1, -0.05) is 13.3 Å². The first kappa shape index (κ1) is 11.4. The molecule has 2 saturated heterocycles. The van der Waals surface area contributed by atoms with Gasteiger partial charge in [-0.2, -0.15) is 0 Å². The van der Waals surface area contributed by atoms with Gasteiger partial charge in [-0.25, -0.2) is 4.79 Å². The monoisotopic (exact) mass is 225 g/mol. The van der Waals surface area contributed by atoms with Crippen LogP contribution in [0.4, 0.5) is 4.79 Å². The highest BCUT2D eigenvalue weighted by Crippen LogP contribution is 2.14. The van der Waals surface area contributed by atoms with Crippen LogP contribution in [0.25, 0.3) is 0 Å². The minimum Gasteiger partial charge on any atom is -0.326 e. The van der Waals surface area contributed by atoms with E-state index in [0.717, 1.165) is 32.2 Å². The molecular formula is C11H19N3O2. The Morgan fingerprint density at radius 1 is 1.44 bits per heavy atom. The van der Waals surface area contributed by atoms with Gasteiger partial charge in [-0.05, 0) is 25.8 Å². The molecule has 0 aromatic heterocycles. The predicted molar refractivity (Wildman–Crippen MR) is 60.0 cm³/mol. The Morgan fingerprint density at radius 2 is 2.25 bits per heavy atom. The molecule has 2 rings (SSSR count). The van der Waals surface area contributed by atoms with Crippen LogP contribution in [0, 0.1) is 0 Å². The van der Waals surface area contributed by atoms with Crippen molar-refractivity contribution in [3.05, 3.63) is 0 Å². The van der Waals surface area contributed by atoms with Crippen LogP contribution in [0.5, 0.6) is 0 Å². The van der Waals surface area contributed by atoms with Gasteiger partial charge in [0.05, 0.1) is 0 Å². The number of nitrogens with one attached hydrogen (secondary N) is 2. The van der Waals surface area contributed by atoms with Crippen molar-refractivity contribution >= 4 is 11.9 Å². The SMILES string of the molecule is CCCC1NC(=O)N(C[C@@H]2CCCN2)C1=O. The van der Waals surface area contributed by atoms with Crippen LogP contribution in [0.3, 0.4) is 0 Å². The Morgan fingerprint density at radius 3 is 2.88 bits per heavy atom. The fourth-order valence-electron chi connectivity index (χ4n) is 2.37. The van der Waals surface area contributed by atoms with Gasteiger partial charge in [-0.15, -0.1) is 0 Å². The van der Waals surface area contributed by atoms with Crippen LogP contribution < -0.4 is 10.6 Å². The molecule has 2 aliphatic heterocycles. The highest BCUT2D eigenvalue weighted by Gasteiger charge is 2.38. The third kappa shape index (κ3) is 2.19. The lowest BCUT2D eigenvalue weighted by molar-refractivity contribution is -0.127. The van der Waals surface area contributed by atoms with Crippen molar-refractivity contribution in [1.29, 1.82) is 0 Å². The van der Waals surface area contributed by atoms with Crippen molar-refractivity contribution in [3.63, 3.8) is 0 Å². The summed E-state index contributed by atoms with van der Waals surface area (Å²) >= 11 is 0. The first-order valence-electron chi connectivity index (χ1n) is 6.07. The third-order valence-corrected chi connectivity index (χ3v) is 3.25. The largest absolute Gasteiger partial charge is 0.326 e. The lowest BCUT2D eigenvalue weighted by atomic mass is 10.1. The molecule has 2 atom stereocenters. The molecule has 0 bridgehead atoms. The molecule has 2 fully saturated rings. The van der Waals surface area contributed by atoms with Gasteiger partial charge < -0.3 is 10.6 Å². The van der Waals surface area contributed by atoms with Crippen LogP contribution in [0.15, 0.2) is 0 Å². The summed E-state index contributed by atoms with van der Waals surface area (Å²) in [5.74, 6) is -0.0550. The van der Waals surface area contributed by atoms with E-state index in [1.54, 1.807) is 0 Å². The van der Waals surface area contributed by atoms with Crippen molar-refractivity contribution in [2.45, 2.75) is 44.7 Å². The lowest BCUT2D eigenvalue weighted by Crippen LogP contribution is -2.41. The number of hydrogen-bond acceptors (Lipinski definition) is 3. The molecular weight excluding hydrogens is 206 g/mol. The average Bonchev–Trinajstić information content (AvgIpc) is 2.84. The van der Waals surface area contributed by atoms with E-state index >= 15 is 0 Å². The summed E-state index contributed by atoms with van der Waals surface area (Å²) in [6.07, 6.45) is 3.83. The smallest absolute Gasteiger partial charge is 0.324 e. The molecule has 2 N–H and O–H groups in total. The second-order valence-corrected chi connectivity index (χ2v) is 4.53. The van der Waals surface area contributed by atoms with E-state index < -0.39 is 0 Å². The van der Waals surface area contributed by atoms with Gasteiger partial charge in [0.2, 0.25) is 0 Å². The third-order valence-electron chi connectivity index (χ3n) is 3.25. The molecule has 0 aliphatic carbocycles. The molecule has 2 heterocycles. The number of amides is 3. The maximum Gasteiger partial charge on any atom is 0.324 e. The van der Waals surface area contributed by atoms with Crippen molar-refractivity contribution < 1.29 is 9.59 Å². The second kappa shape index (κ2) is 4.82. The zero-order valence-corrected chi connectivity index (χ0v) is 9.66. The second-order valence-electron chi connectivity index (χ2n) is 4.53. The molecule has 0 radical (unpaired) electrons. The number of imide groups is 1. The quantitative estimate of drug-likeness (QED) is 0.683. The van der Waals surface area contributed by atoms with Crippen LogP contribution in [-0.4, -0.2) is 42.0 Å². The van der Waals surface area contributed by atoms with Gasteiger partial charge in [0.25, 0.3) is 5.91 Å².